The molecule has 0 aromatic heterocycles. The predicted molar refractivity (Wildman–Crippen MR) is 118 cm³/mol. The molecule has 0 aliphatic heterocycles. The van der Waals surface area contributed by atoms with Gasteiger partial charge in [0.2, 0.25) is 11.8 Å². The molecule has 8 heteroatoms. The van der Waals surface area contributed by atoms with Crippen molar-refractivity contribution in [2.24, 2.45) is 11.8 Å². The maximum atomic E-state index is 12.7. The Balaban J connectivity index is 1.98. The summed E-state index contributed by atoms with van der Waals surface area (Å²) in [7, 11) is 0. The second-order valence-electron chi connectivity index (χ2n) is 8.09. The maximum Gasteiger partial charge on any atom is 0.326 e. The number of carbonyl (C=O) groups excluding carboxylic acids is 2. The van der Waals surface area contributed by atoms with Crippen LogP contribution in [0.1, 0.15) is 37.8 Å². The second kappa shape index (κ2) is 12.5. The van der Waals surface area contributed by atoms with E-state index < -0.39 is 29.7 Å². The van der Waals surface area contributed by atoms with Gasteiger partial charge in [-0.05, 0) is 35.6 Å². The number of hydrogen-bond donors (Lipinski definition) is 4. The Morgan fingerprint density at radius 3 is 2.19 bits per heavy atom. The summed E-state index contributed by atoms with van der Waals surface area (Å²) in [5, 5.41) is 20.9. The van der Waals surface area contributed by atoms with Crippen LogP contribution in [0, 0.1) is 11.8 Å². The molecule has 0 saturated carbocycles. The van der Waals surface area contributed by atoms with Gasteiger partial charge in [0, 0.05) is 18.8 Å². The third kappa shape index (κ3) is 8.39. The Morgan fingerprint density at radius 2 is 1.62 bits per heavy atom. The third-order valence-electron chi connectivity index (χ3n) is 4.91. The van der Waals surface area contributed by atoms with Crippen molar-refractivity contribution in [1.29, 1.82) is 0 Å². The normalized spacial score (nSPS) is 12.6. The number of hydroxylamine groups is 1. The lowest BCUT2D eigenvalue weighted by Gasteiger charge is -2.21. The Labute approximate surface area is 187 Å². The molecule has 0 aliphatic rings. The number of amides is 2. The number of aliphatic carboxylic acids is 1. The summed E-state index contributed by atoms with van der Waals surface area (Å²) < 4.78 is 5.74. The van der Waals surface area contributed by atoms with Gasteiger partial charge in [0.15, 0.2) is 0 Å². The molecule has 0 fully saturated rings. The summed E-state index contributed by atoms with van der Waals surface area (Å²) in [6.45, 7) is 4.22. The van der Waals surface area contributed by atoms with Gasteiger partial charge in [0.05, 0.1) is 0 Å². The first-order chi connectivity index (χ1) is 15.3. The van der Waals surface area contributed by atoms with E-state index in [-0.39, 0.29) is 18.8 Å². The van der Waals surface area contributed by atoms with Gasteiger partial charge in [0.25, 0.3) is 0 Å². The zero-order valence-electron chi connectivity index (χ0n) is 18.3. The van der Waals surface area contributed by atoms with E-state index in [4.69, 9.17) is 9.94 Å². The molecule has 2 aromatic rings. The van der Waals surface area contributed by atoms with E-state index in [1.54, 1.807) is 24.3 Å². The Bertz CT molecular complexity index is 883. The maximum absolute atomic E-state index is 12.7. The quantitative estimate of drug-likeness (QED) is 0.296. The summed E-state index contributed by atoms with van der Waals surface area (Å²) in [6, 6.07) is 15.6. The van der Waals surface area contributed by atoms with Crippen molar-refractivity contribution in [2.45, 2.75) is 45.8 Å². The fraction of sp³-hybridized carbons (Fsp3) is 0.375. The lowest BCUT2D eigenvalue weighted by atomic mass is 9.92. The molecule has 2 amide bonds. The van der Waals surface area contributed by atoms with Gasteiger partial charge in [-0.3, -0.25) is 14.8 Å². The van der Waals surface area contributed by atoms with Crippen LogP contribution < -0.4 is 15.5 Å². The molecule has 32 heavy (non-hydrogen) atoms. The molecule has 8 nitrogen and oxygen atoms in total. The molecule has 2 aromatic carbocycles. The van der Waals surface area contributed by atoms with Gasteiger partial charge in [-0.2, -0.15) is 0 Å². The van der Waals surface area contributed by atoms with Crippen LogP contribution in [-0.4, -0.2) is 34.1 Å². The molecular weight excluding hydrogens is 412 g/mol. The number of hydrogen-bond acceptors (Lipinski definition) is 5. The van der Waals surface area contributed by atoms with E-state index in [9.17, 15) is 19.5 Å². The molecule has 172 valence electrons. The minimum Gasteiger partial charge on any atom is -0.489 e. The third-order valence-corrected chi connectivity index (χ3v) is 4.91. The van der Waals surface area contributed by atoms with Crippen molar-refractivity contribution in [3.63, 3.8) is 0 Å². The van der Waals surface area contributed by atoms with Crippen molar-refractivity contribution in [3.05, 3.63) is 65.7 Å². The van der Waals surface area contributed by atoms with Crippen molar-refractivity contribution < 1.29 is 29.4 Å². The molecule has 0 bridgehead atoms. The van der Waals surface area contributed by atoms with Crippen molar-refractivity contribution in [1.82, 2.24) is 10.8 Å². The number of carboxylic acid groups (broad SMARTS) is 1. The minimum atomic E-state index is -1.17. The highest BCUT2D eigenvalue weighted by molar-refractivity contribution is 5.88. The summed E-state index contributed by atoms with van der Waals surface area (Å²) in [5.41, 5.74) is 3.28. The summed E-state index contributed by atoms with van der Waals surface area (Å²) >= 11 is 0. The van der Waals surface area contributed by atoms with Gasteiger partial charge in [-0.25, -0.2) is 10.3 Å². The average Bonchev–Trinajstić information content (AvgIpc) is 2.77. The standard InChI is InChI=1S/C24H30N2O6/c1-16(2)12-19(14-22(27)26-31)23(28)25-21(24(29)30)13-17-8-10-20(11-9-17)32-15-18-6-4-3-5-7-18/h3-11,16,19,21,31H,12-15H2,1-2H3,(H,25,28)(H,26,27)(H,29,30). The molecule has 2 unspecified atom stereocenters. The lowest BCUT2D eigenvalue weighted by molar-refractivity contribution is -0.143. The molecule has 2 atom stereocenters. The molecule has 0 radical (unpaired) electrons. The van der Waals surface area contributed by atoms with E-state index in [0.29, 0.717) is 18.8 Å². The average molecular weight is 443 g/mol. The van der Waals surface area contributed by atoms with Crippen LogP contribution in [-0.2, 0) is 27.4 Å². The summed E-state index contributed by atoms with van der Waals surface area (Å²) in [5.74, 6) is -2.36. The fourth-order valence-electron chi connectivity index (χ4n) is 3.31. The highest BCUT2D eigenvalue weighted by atomic mass is 16.5. The van der Waals surface area contributed by atoms with Gasteiger partial charge in [0.1, 0.15) is 18.4 Å². The number of benzene rings is 2. The monoisotopic (exact) mass is 442 g/mol. The number of rotatable bonds is 12. The largest absolute Gasteiger partial charge is 0.489 e. The van der Waals surface area contributed by atoms with E-state index in [0.717, 1.165) is 11.1 Å². The van der Waals surface area contributed by atoms with E-state index >= 15 is 0 Å². The number of ether oxygens (including phenoxy) is 1. The van der Waals surface area contributed by atoms with Crippen molar-refractivity contribution >= 4 is 17.8 Å². The highest BCUT2D eigenvalue weighted by Gasteiger charge is 2.27. The fourth-order valence-corrected chi connectivity index (χ4v) is 3.31. The van der Waals surface area contributed by atoms with Crippen LogP contribution in [0.2, 0.25) is 0 Å². The van der Waals surface area contributed by atoms with Crippen LogP contribution >= 0.6 is 0 Å². The molecule has 4 N–H and O–H groups in total. The van der Waals surface area contributed by atoms with E-state index in [1.165, 1.54) is 5.48 Å². The van der Waals surface area contributed by atoms with Crippen LogP contribution in [0.3, 0.4) is 0 Å². The van der Waals surface area contributed by atoms with Gasteiger partial charge < -0.3 is 15.2 Å². The van der Waals surface area contributed by atoms with E-state index in [2.05, 4.69) is 5.32 Å². The number of nitrogens with one attached hydrogen (secondary N) is 2. The predicted octanol–water partition coefficient (Wildman–Crippen LogP) is 2.94. The molecule has 2 rings (SSSR count). The Hall–Kier alpha value is -3.39. The first-order valence-electron chi connectivity index (χ1n) is 10.5. The van der Waals surface area contributed by atoms with Crippen LogP contribution in [0.25, 0.3) is 0 Å². The molecule has 0 saturated heterocycles. The zero-order valence-corrected chi connectivity index (χ0v) is 18.3. The number of carbonyl (C=O) groups is 3. The first-order valence-corrected chi connectivity index (χ1v) is 10.5. The van der Waals surface area contributed by atoms with Crippen LogP contribution in [0.15, 0.2) is 54.6 Å². The van der Waals surface area contributed by atoms with Crippen LogP contribution in [0.5, 0.6) is 5.75 Å². The SMILES string of the molecule is CC(C)CC(CC(=O)NO)C(=O)NC(Cc1ccc(OCc2ccccc2)cc1)C(=O)O. The Morgan fingerprint density at radius 1 is 0.969 bits per heavy atom. The van der Waals surface area contributed by atoms with Gasteiger partial charge in [-0.15, -0.1) is 0 Å². The second-order valence-corrected chi connectivity index (χ2v) is 8.09. The Kier molecular flexibility index (Phi) is 9.69. The van der Waals surface area contributed by atoms with Crippen molar-refractivity contribution in [2.75, 3.05) is 0 Å². The highest BCUT2D eigenvalue weighted by Crippen LogP contribution is 2.18. The van der Waals surface area contributed by atoms with Gasteiger partial charge in [-0.1, -0.05) is 56.3 Å². The van der Waals surface area contributed by atoms with Gasteiger partial charge >= 0.3 is 5.97 Å². The lowest BCUT2D eigenvalue weighted by Crippen LogP contribution is -2.46. The topological polar surface area (TPSA) is 125 Å². The van der Waals surface area contributed by atoms with Crippen LogP contribution in [0.4, 0.5) is 0 Å². The number of carboxylic acids is 1. The minimum absolute atomic E-state index is 0.0840. The molecular formula is C24H30N2O6. The summed E-state index contributed by atoms with van der Waals surface area (Å²) in [6.07, 6.45) is 0.250. The molecule has 0 spiro atoms. The van der Waals surface area contributed by atoms with E-state index in [1.807, 2.05) is 44.2 Å². The smallest absolute Gasteiger partial charge is 0.326 e. The summed E-state index contributed by atoms with van der Waals surface area (Å²) in [4.78, 5) is 35.9. The molecule has 0 heterocycles. The zero-order chi connectivity index (χ0) is 23.5. The van der Waals surface area contributed by atoms with Crippen molar-refractivity contribution in [3.8, 4) is 5.75 Å². The first kappa shape index (κ1) is 24.9. The molecule has 0 aliphatic carbocycles.